The minimum Gasteiger partial charge on any atom is -0.381 e. The Hall–Kier alpha value is -0.420. The van der Waals surface area contributed by atoms with E-state index in [1.807, 2.05) is 11.8 Å². The van der Waals surface area contributed by atoms with Crippen molar-refractivity contribution < 1.29 is 4.74 Å². The van der Waals surface area contributed by atoms with E-state index in [4.69, 9.17) is 4.74 Å². The maximum atomic E-state index is 5.42. The van der Waals surface area contributed by atoms with Crippen LogP contribution in [-0.2, 0) is 4.74 Å². The second-order valence-electron chi connectivity index (χ2n) is 4.69. The van der Waals surface area contributed by atoms with Gasteiger partial charge in [-0.1, -0.05) is 0 Å². The molecule has 5 heteroatoms. The number of rotatable bonds is 7. The quantitative estimate of drug-likeness (QED) is 0.435. The zero-order chi connectivity index (χ0) is 13.2. The number of nitrogens with zero attached hydrogens (tertiary/aromatic N) is 2. The molecule has 1 rings (SSSR count). The van der Waals surface area contributed by atoms with E-state index in [1.54, 1.807) is 0 Å². The highest BCUT2D eigenvalue weighted by atomic mass is 32.2. The molecule has 0 aromatic heterocycles. The molecule has 1 aliphatic rings. The summed E-state index contributed by atoms with van der Waals surface area (Å²) in [6.45, 7) is 6.80. The van der Waals surface area contributed by atoms with Crippen LogP contribution in [-0.4, -0.2) is 62.8 Å². The maximum Gasteiger partial charge on any atom is 0.193 e. The van der Waals surface area contributed by atoms with Gasteiger partial charge >= 0.3 is 0 Å². The van der Waals surface area contributed by atoms with Crippen LogP contribution in [0.5, 0.6) is 0 Å². The Kier molecular flexibility index (Phi) is 8.25. The SMILES string of the molecule is CCNC(=NCCCSC)N(C)CC1CCOC1. The molecule has 0 spiro atoms. The minimum atomic E-state index is 0.657. The fourth-order valence-electron chi connectivity index (χ4n) is 2.06. The molecule has 0 bridgehead atoms. The molecule has 0 radical (unpaired) electrons. The summed E-state index contributed by atoms with van der Waals surface area (Å²) < 4.78 is 5.42. The summed E-state index contributed by atoms with van der Waals surface area (Å²) in [5.41, 5.74) is 0. The summed E-state index contributed by atoms with van der Waals surface area (Å²) in [5.74, 6) is 2.87. The molecule has 0 aliphatic carbocycles. The third kappa shape index (κ3) is 5.96. The van der Waals surface area contributed by atoms with Crippen molar-refractivity contribution >= 4 is 17.7 Å². The molecule has 1 aliphatic heterocycles. The van der Waals surface area contributed by atoms with Gasteiger partial charge in [0.15, 0.2) is 5.96 Å². The van der Waals surface area contributed by atoms with Crippen molar-refractivity contribution in [1.82, 2.24) is 10.2 Å². The first-order chi connectivity index (χ1) is 8.77. The van der Waals surface area contributed by atoms with Crippen LogP contribution in [0.3, 0.4) is 0 Å². The van der Waals surface area contributed by atoms with E-state index in [-0.39, 0.29) is 0 Å². The predicted molar refractivity (Wildman–Crippen MR) is 80.5 cm³/mol. The zero-order valence-electron chi connectivity index (χ0n) is 11.9. The molecule has 1 saturated heterocycles. The molecule has 106 valence electrons. The molecule has 0 amide bonds. The average molecular weight is 273 g/mol. The van der Waals surface area contributed by atoms with Gasteiger partial charge in [0.05, 0.1) is 6.61 Å². The lowest BCUT2D eigenvalue weighted by Gasteiger charge is -2.24. The third-order valence-corrected chi connectivity index (χ3v) is 3.72. The van der Waals surface area contributed by atoms with Crippen molar-refractivity contribution in [3.05, 3.63) is 0 Å². The van der Waals surface area contributed by atoms with Gasteiger partial charge in [-0.2, -0.15) is 11.8 Å². The third-order valence-electron chi connectivity index (χ3n) is 3.02. The van der Waals surface area contributed by atoms with Gasteiger partial charge in [-0.05, 0) is 31.8 Å². The first kappa shape index (κ1) is 15.6. The van der Waals surface area contributed by atoms with Crippen molar-refractivity contribution in [2.24, 2.45) is 10.9 Å². The van der Waals surface area contributed by atoms with Crippen LogP contribution in [0.1, 0.15) is 19.8 Å². The second kappa shape index (κ2) is 9.50. The molecule has 0 saturated carbocycles. The van der Waals surface area contributed by atoms with Gasteiger partial charge < -0.3 is 15.0 Å². The van der Waals surface area contributed by atoms with Crippen LogP contribution in [0.2, 0.25) is 0 Å². The fraction of sp³-hybridized carbons (Fsp3) is 0.923. The molecular formula is C13H27N3OS. The van der Waals surface area contributed by atoms with E-state index in [1.165, 1.54) is 12.2 Å². The minimum absolute atomic E-state index is 0.657. The summed E-state index contributed by atoms with van der Waals surface area (Å²) in [4.78, 5) is 6.91. The van der Waals surface area contributed by atoms with Crippen LogP contribution < -0.4 is 5.32 Å². The molecule has 1 unspecified atom stereocenters. The lowest BCUT2D eigenvalue weighted by atomic mass is 10.1. The van der Waals surface area contributed by atoms with Crippen molar-refractivity contribution in [2.75, 3.05) is 51.9 Å². The summed E-state index contributed by atoms with van der Waals surface area (Å²) in [7, 11) is 2.12. The van der Waals surface area contributed by atoms with Gasteiger partial charge in [-0.3, -0.25) is 4.99 Å². The van der Waals surface area contributed by atoms with Crippen molar-refractivity contribution in [3.8, 4) is 0 Å². The van der Waals surface area contributed by atoms with Crippen LogP contribution in [0.25, 0.3) is 0 Å². The van der Waals surface area contributed by atoms with E-state index < -0.39 is 0 Å². The highest BCUT2D eigenvalue weighted by Gasteiger charge is 2.18. The largest absolute Gasteiger partial charge is 0.381 e. The zero-order valence-corrected chi connectivity index (χ0v) is 12.8. The van der Waals surface area contributed by atoms with E-state index in [2.05, 4.69) is 35.4 Å². The standard InChI is InChI=1S/C13H27N3OS/c1-4-14-13(15-7-5-9-18-3)16(2)10-12-6-8-17-11-12/h12H,4-11H2,1-3H3,(H,14,15). The molecule has 0 aromatic carbocycles. The summed E-state index contributed by atoms with van der Waals surface area (Å²) in [6, 6.07) is 0. The Morgan fingerprint density at radius 2 is 2.39 bits per heavy atom. The van der Waals surface area contributed by atoms with Crippen molar-refractivity contribution in [3.63, 3.8) is 0 Å². The lowest BCUT2D eigenvalue weighted by Crippen LogP contribution is -2.41. The molecule has 0 aromatic rings. The van der Waals surface area contributed by atoms with Crippen molar-refractivity contribution in [1.29, 1.82) is 0 Å². The van der Waals surface area contributed by atoms with E-state index >= 15 is 0 Å². The van der Waals surface area contributed by atoms with E-state index in [0.29, 0.717) is 5.92 Å². The molecule has 1 fully saturated rings. The highest BCUT2D eigenvalue weighted by molar-refractivity contribution is 7.98. The fourth-order valence-corrected chi connectivity index (χ4v) is 2.48. The number of nitrogens with one attached hydrogen (secondary N) is 1. The Labute approximate surface area is 116 Å². The van der Waals surface area contributed by atoms with Gasteiger partial charge in [0.25, 0.3) is 0 Å². The molecule has 1 N–H and O–H groups in total. The smallest absolute Gasteiger partial charge is 0.193 e. The highest BCUT2D eigenvalue weighted by Crippen LogP contribution is 2.13. The second-order valence-corrected chi connectivity index (χ2v) is 5.68. The number of aliphatic imine (C=N–C) groups is 1. The molecule has 18 heavy (non-hydrogen) atoms. The maximum absolute atomic E-state index is 5.42. The Bertz CT molecular complexity index is 242. The van der Waals surface area contributed by atoms with Gasteiger partial charge in [-0.25, -0.2) is 0 Å². The van der Waals surface area contributed by atoms with Crippen LogP contribution in [0, 0.1) is 5.92 Å². The topological polar surface area (TPSA) is 36.9 Å². The molecular weight excluding hydrogens is 246 g/mol. The average Bonchev–Trinajstić information content (AvgIpc) is 2.86. The Balaban J connectivity index is 2.37. The van der Waals surface area contributed by atoms with Crippen LogP contribution in [0.4, 0.5) is 0 Å². The summed E-state index contributed by atoms with van der Waals surface area (Å²) in [5, 5.41) is 3.36. The monoisotopic (exact) mass is 273 g/mol. The first-order valence-electron chi connectivity index (χ1n) is 6.84. The number of ether oxygens (including phenoxy) is 1. The van der Waals surface area contributed by atoms with Gasteiger partial charge in [0, 0.05) is 39.2 Å². The van der Waals surface area contributed by atoms with E-state index in [9.17, 15) is 0 Å². The number of hydrogen-bond donors (Lipinski definition) is 1. The van der Waals surface area contributed by atoms with Gasteiger partial charge in [0.2, 0.25) is 0 Å². The molecule has 1 atom stereocenters. The first-order valence-corrected chi connectivity index (χ1v) is 8.23. The van der Waals surface area contributed by atoms with Crippen molar-refractivity contribution in [2.45, 2.75) is 19.8 Å². The van der Waals surface area contributed by atoms with Gasteiger partial charge in [0.1, 0.15) is 0 Å². The molecule has 4 nitrogen and oxygen atoms in total. The number of thioether (sulfide) groups is 1. The normalized spacial score (nSPS) is 20.2. The lowest BCUT2D eigenvalue weighted by molar-refractivity contribution is 0.181. The van der Waals surface area contributed by atoms with Crippen LogP contribution in [0.15, 0.2) is 4.99 Å². The Morgan fingerprint density at radius 1 is 1.56 bits per heavy atom. The predicted octanol–water partition coefficient (Wildman–Crippen LogP) is 1.67. The summed E-state index contributed by atoms with van der Waals surface area (Å²) >= 11 is 1.88. The van der Waals surface area contributed by atoms with E-state index in [0.717, 1.165) is 45.2 Å². The number of guanidine groups is 1. The Morgan fingerprint density at radius 3 is 3.00 bits per heavy atom. The van der Waals surface area contributed by atoms with Gasteiger partial charge in [-0.15, -0.1) is 0 Å². The molecule has 1 heterocycles. The van der Waals surface area contributed by atoms with Crippen LogP contribution >= 0.6 is 11.8 Å². The summed E-state index contributed by atoms with van der Waals surface area (Å²) in [6.07, 6.45) is 4.47. The number of hydrogen-bond acceptors (Lipinski definition) is 3.